The second-order valence-electron chi connectivity index (χ2n) is 4.09. The zero-order valence-corrected chi connectivity index (χ0v) is 10.8. The van der Waals surface area contributed by atoms with Crippen molar-refractivity contribution < 1.29 is 0 Å². The molecule has 1 aliphatic rings. The van der Waals surface area contributed by atoms with E-state index in [-0.39, 0.29) is 0 Å². The van der Waals surface area contributed by atoms with Crippen LogP contribution in [0.1, 0.15) is 37.7 Å². The molecule has 1 atom stereocenters. The number of hydrogen-bond donors (Lipinski definition) is 1. The van der Waals surface area contributed by atoms with Crippen molar-refractivity contribution in [2.45, 2.75) is 38.1 Å². The number of halogens is 1. The Balaban J connectivity index is 1.76. The Hall–Kier alpha value is 0.140. The van der Waals surface area contributed by atoms with Crippen molar-refractivity contribution in [3.8, 4) is 0 Å². The van der Waals surface area contributed by atoms with Gasteiger partial charge in [0.25, 0.3) is 0 Å². The minimum atomic E-state index is 0.668. The van der Waals surface area contributed by atoms with Gasteiger partial charge in [0.1, 0.15) is 0 Å². The molecule has 0 spiro atoms. The molecule has 1 fully saturated rings. The third-order valence-electron chi connectivity index (χ3n) is 2.76. The van der Waals surface area contributed by atoms with Crippen LogP contribution in [0.15, 0.2) is 15.2 Å². The largest absolute Gasteiger partial charge is 0.314 e. The smallest absolute Gasteiger partial charge is 0.0317 e. The molecule has 0 bridgehead atoms. The molecule has 14 heavy (non-hydrogen) atoms. The zero-order valence-electron chi connectivity index (χ0n) is 8.42. The Morgan fingerprint density at radius 1 is 1.57 bits per heavy atom. The van der Waals surface area contributed by atoms with Crippen molar-refractivity contribution in [3.05, 3.63) is 20.8 Å². The minimum Gasteiger partial charge on any atom is -0.314 e. The lowest BCUT2D eigenvalue weighted by Gasteiger charge is -2.11. The highest BCUT2D eigenvalue weighted by molar-refractivity contribution is 9.10. The fourth-order valence-electron chi connectivity index (χ4n) is 1.59. The van der Waals surface area contributed by atoms with E-state index in [0.717, 1.165) is 12.6 Å². The molecule has 1 heterocycles. The SMILES string of the molecule is CC(CCNC1CC1)c1cscc1Br. The van der Waals surface area contributed by atoms with Crippen LogP contribution in [0.2, 0.25) is 0 Å². The molecule has 1 nitrogen and oxygen atoms in total. The van der Waals surface area contributed by atoms with E-state index < -0.39 is 0 Å². The quantitative estimate of drug-likeness (QED) is 0.862. The molecule has 0 radical (unpaired) electrons. The molecule has 78 valence electrons. The van der Waals surface area contributed by atoms with Crippen LogP contribution in [0.25, 0.3) is 0 Å². The molecule has 1 unspecified atom stereocenters. The molecule has 3 heteroatoms. The first-order valence-corrected chi connectivity index (χ1v) is 6.96. The highest BCUT2D eigenvalue weighted by atomic mass is 79.9. The predicted molar refractivity (Wildman–Crippen MR) is 66.1 cm³/mol. The summed E-state index contributed by atoms with van der Waals surface area (Å²) in [5.74, 6) is 0.668. The van der Waals surface area contributed by atoms with E-state index in [2.05, 4.69) is 38.9 Å². The van der Waals surface area contributed by atoms with Crippen LogP contribution in [-0.4, -0.2) is 12.6 Å². The minimum absolute atomic E-state index is 0.668. The van der Waals surface area contributed by atoms with Crippen molar-refractivity contribution >= 4 is 27.3 Å². The van der Waals surface area contributed by atoms with Crippen LogP contribution in [0.4, 0.5) is 0 Å². The Kier molecular flexibility index (Phi) is 3.63. The first kappa shape index (κ1) is 10.7. The van der Waals surface area contributed by atoms with E-state index in [9.17, 15) is 0 Å². The van der Waals surface area contributed by atoms with Crippen LogP contribution in [0.3, 0.4) is 0 Å². The lowest BCUT2D eigenvalue weighted by atomic mass is 10.0. The number of hydrogen-bond acceptors (Lipinski definition) is 2. The lowest BCUT2D eigenvalue weighted by Crippen LogP contribution is -2.18. The van der Waals surface area contributed by atoms with Gasteiger partial charge in [-0.05, 0) is 58.6 Å². The summed E-state index contributed by atoms with van der Waals surface area (Å²) >= 11 is 5.37. The monoisotopic (exact) mass is 273 g/mol. The van der Waals surface area contributed by atoms with Crippen LogP contribution in [0, 0.1) is 0 Å². The number of rotatable bonds is 5. The summed E-state index contributed by atoms with van der Waals surface area (Å²) in [6.45, 7) is 3.47. The molecule has 2 rings (SSSR count). The molecule has 0 aromatic carbocycles. The third-order valence-corrected chi connectivity index (χ3v) is 4.51. The lowest BCUT2D eigenvalue weighted by molar-refractivity contribution is 0.592. The van der Waals surface area contributed by atoms with Gasteiger partial charge < -0.3 is 5.32 Å². The maximum Gasteiger partial charge on any atom is 0.0317 e. The standard InChI is InChI=1S/C11H16BrNS/c1-8(4-5-13-9-2-3-9)10-6-14-7-11(10)12/h6-9,13H,2-5H2,1H3. The van der Waals surface area contributed by atoms with E-state index in [0.29, 0.717) is 5.92 Å². The molecular weight excluding hydrogens is 258 g/mol. The fourth-order valence-corrected chi connectivity index (χ4v) is 3.40. The summed E-state index contributed by atoms with van der Waals surface area (Å²) in [5.41, 5.74) is 1.47. The Morgan fingerprint density at radius 2 is 2.36 bits per heavy atom. The Bertz CT molecular complexity index is 293. The first-order valence-electron chi connectivity index (χ1n) is 5.22. The summed E-state index contributed by atoms with van der Waals surface area (Å²) in [6, 6.07) is 0.841. The van der Waals surface area contributed by atoms with Gasteiger partial charge >= 0.3 is 0 Å². The van der Waals surface area contributed by atoms with Crippen molar-refractivity contribution in [1.29, 1.82) is 0 Å². The van der Waals surface area contributed by atoms with Gasteiger partial charge in [0.15, 0.2) is 0 Å². The molecule has 0 saturated heterocycles. The molecule has 0 aliphatic heterocycles. The van der Waals surface area contributed by atoms with Crippen LogP contribution in [-0.2, 0) is 0 Å². The van der Waals surface area contributed by atoms with Gasteiger partial charge in [-0.1, -0.05) is 6.92 Å². The second-order valence-corrected chi connectivity index (χ2v) is 5.69. The molecule has 1 saturated carbocycles. The van der Waals surface area contributed by atoms with Gasteiger partial charge in [-0.2, -0.15) is 11.3 Å². The average Bonchev–Trinajstić information content (AvgIpc) is 2.87. The maximum atomic E-state index is 3.59. The van der Waals surface area contributed by atoms with Gasteiger partial charge in [0, 0.05) is 15.9 Å². The number of nitrogens with one attached hydrogen (secondary N) is 1. The van der Waals surface area contributed by atoms with Crippen LogP contribution in [0.5, 0.6) is 0 Å². The van der Waals surface area contributed by atoms with Gasteiger partial charge in [-0.15, -0.1) is 0 Å². The van der Waals surface area contributed by atoms with E-state index in [1.54, 1.807) is 11.3 Å². The molecule has 0 amide bonds. The zero-order chi connectivity index (χ0) is 9.97. The summed E-state index contributed by atoms with van der Waals surface area (Å²) < 4.78 is 1.28. The number of thiophene rings is 1. The summed E-state index contributed by atoms with van der Waals surface area (Å²) in [6.07, 6.45) is 4.01. The second kappa shape index (κ2) is 4.77. The Labute approximate surface area is 98.0 Å². The average molecular weight is 274 g/mol. The highest BCUT2D eigenvalue weighted by Gasteiger charge is 2.20. The van der Waals surface area contributed by atoms with Gasteiger partial charge in [-0.3, -0.25) is 0 Å². The third kappa shape index (κ3) is 2.81. The molecule has 1 aromatic rings. The molecule has 1 aliphatic carbocycles. The Morgan fingerprint density at radius 3 is 2.93 bits per heavy atom. The summed E-state index contributed by atoms with van der Waals surface area (Å²) in [7, 11) is 0. The molecular formula is C11H16BrNS. The fraction of sp³-hybridized carbons (Fsp3) is 0.636. The van der Waals surface area contributed by atoms with Crippen molar-refractivity contribution in [3.63, 3.8) is 0 Å². The summed E-state index contributed by atoms with van der Waals surface area (Å²) in [5, 5.41) is 7.98. The molecule has 1 aromatic heterocycles. The predicted octanol–water partition coefficient (Wildman–Crippen LogP) is 3.76. The maximum absolute atomic E-state index is 3.59. The van der Waals surface area contributed by atoms with Gasteiger partial charge in [-0.25, -0.2) is 0 Å². The highest BCUT2D eigenvalue weighted by Crippen LogP contribution is 2.30. The van der Waals surface area contributed by atoms with Gasteiger partial charge in [0.05, 0.1) is 0 Å². The topological polar surface area (TPSA) is 12.0 Å². The normalized spacial score (nSPS) is 18.4. The van der Waals surface area contributed by atoms with E-state index in [1.165, 1.54) is 29.3 Å². The van der Waals surface area contributed by atoms with E-state index in [1.807, 2.05) is 0 Å². The van der Waals surface area contributed by atoms with Crippen molar-refractivity contribution in [2.24, 2.45) is 0 Å². The molecule has 1 N–H and O–H groups in total. The van der Waals surface area contributed by atoms with Crippen molar-refractivity contribution in [2.75, 3.05) is 6.54 Å². The van der Waals surface area contributed by atoms with Crippen LogP contribution >= 0.6 is 27.3 Å². The van der Waals surface area contributed by atoms with Gasteiger partial charge in [0.2, 0.25) is 0 Å². The van der Waals surface area contributed by atoms with E-state index in [4.69, 9.17) is 0 Å². The first-order chi connectivity index (χ1) is 6.77. The van der Waals surface area contributed by atoms with Crippen molar-refractivity contribution in [1.82, 2.24) is 5.32 Å². The van der Waals surface area contributed by atoms with E-state index >= 15 is 0 Å². The summed E-state index contributed by atoms with van der Waals surface area (Å²) in [4.78, 5) is 0. The van der Waals surface area contributed by atoms with Crippen LogP contribution < -0.4 is 5.32 Å².